The van der Waals surface area contributed by atoms with E-state index in [0.717, 1.165) is 12.8 Å². The zero-order valence-electron chi connectivity index (χ0n) is 8.82. The highest BCUT2D eigenvalue weighted by atomic mass is 16.4. The largest absolute Gasteiger partial charge is 0.475 e. The lowest BCUT2D eigenvalue weighted by Gasteiger charge is -2.02. The van der Waals surface area contributed by atoms with Crippen LogP contribution in [0.15, 0.2) is 18.7 Å². The molecule has 1 saturated carbocycles. The molecule has 0 amide bonds. The Bertz CT molecular complexity index is 561. The quantitative estimate of drug-likeness (QED) is 0.832. The number of carbonyl (C=O) groups is 1. The Morgan fingerprint density at radius 2 is 2.06 bits per heavy atom. The summed E-state index contributed by atoms with van der Waals surface area (Å²) < 4.78 is 1.52. The van der Waals surface area contributed by atoms with Crippen LogP contribution in [0.3, 0.4) is 0 Å². The van der Waals surface area contributed by atoms with Crippen molar-refractivity contribution < 1.29 is 9.90 Å². The molecule has 7 nitrogen and oxygen atoms in total. The normalized spacial score (nSPS) is 14.8. The predicted molar refractivity (Wildman–Crippen MR) is 55.9 cm³/mol. The second-order valence-electron chi connectivity index (χ2n) is 3.88. The molecule has 7 heteroatoms. The fourth-order valence-corrected chi connectivity index (χ4v) is 1.61. The summed E-state index contributed by atoms with van der Waals surface area (Å²) in [7, 11) is 0. The first-order valence-electron chi connectivity index (χ1n) is 5.21. The number of hydrogen-bond acceptors (Lipinski definition) is 5. The minimum absolute atomic E-state index is 0.184. The molecule has 86 valence electrons. The van der Waals surface area contributed by atoms with Crippen molar-refractivity contribution in [3.05, 3.63) is 30.4 Å². The van der Waals surface area contributed by atoms with Gasteiger partial charge in [0.05, 0.1) is 12.4 Å². The first-order valence-corrected chi connectivity index (χ1v) is 5.21. The topological polar surface area (TPSA) is 93.8 Å². The van der Waals surface area contributed by atoms with E-state index in [-0.39, 0.29) is 5.82 Å². The van der Waals surface area contributed by atoms with E-state index in [9.17, 15) is 4.79 Å². The van der Waals surface area contributed by atoms with Gasteiger partial charge in [-0.25, -0.2) is 24.4 Å². The van der Waals surface area contributed by atoms with Crippen LogP contribution in [0, 0.1) is 0 Å². The lowest BCUT2D eigenvalue weighted by molar-refractivity contribution is 0.0683. The fourth-order valence-electron chi connectivity index (χ4n) is 1.61. The van der Waals surface area contributed by atoms with Gasteiger partial charge in [0.15, 0.2) is 0 Å². The van der Waals surface area contributed by atoms with E-state index in [1.807, 2.05) is 0 Å². The van der Waals surface area contributed by atoms with Crippen LogP contribution in [-0.2, 0) is 0 Å². The summed E-state index contributed by atoms with van der Waals surface area (Å²) in [6.45, 7) is 0. The van der Waals surface area contributed by atoms with E-state index in [1.54, 1.807) is 12.4 Å². The van der Waals surface area contributed by atoms with Gasteiger partial charge >= 0.3 is 5.97 Å². The Morgan fingerprint density at radius 1 is 1.35 bits per heavy atom. The molecule has 2 aromatic rings. The van der Waals surface area contributed by atoms with Gasteiger partial charge in [0.1, 0.15) is 17.8 Å². The van der Waals surface area contributed by atoms with Gasteiger partial charge in [0.2, 0.25) is 0 Å². The average Bonchev–Trinajstić information content (AvgIpc) is 3.09. The first kappa shape index (κ1) is 9.88. The average molecular weight is 231 g/mol. The van der Waals surface area contributed by atoms with Crippen molar-refractivity contribution in [3.8, 4) is 5.69 Å². The van der Waals surface area contributed by atoms with E-state index in [2.05, 4.69) is 20.1 Å². The number of rotatable bonds is 3. The molecule has 1 aliphatic carbocycles. The van der Waals surface area contributed by atoms with Crippen molar-refractivity contribution in [2.75, 3.05) is 0 Å². The summed E-state index contributed by atoms with van der Waals surface area (Å²) in [5.41, 5.74) is 0.634. The van der Waals surface area contributed by atoms with E-state index < -0.39 is 5.97 Å². The van der Waals surface area contributed by atoms with E-state index >= 15 is 0 Å². The maximum atomic E-state index is 10.9. The van der Waals surface area contributed by atoms with Gasteiger partial charge in [-0.05, 0) is 12.8 Å². The molecular formula is C10H9N5O2. The van der Waals surface area contributed by atoms with Gasteiger partial charge in [0.25, 0.3) is 5.82 Å². The number of hydrogen-bond donors (Lipinski definition) is 1. The zero-order valence-corrected chi connectivity index (χ0v) is 8.82. The van der Waals surface area contributed by atoms with Gasteiger partial charge < -0.3 is 5.11 Å². The summed E-state index contributed by atoms with van der Waals surface area (Å²) in [5, 5.41) is 12.9. The third-order valence-electron chi connectivity index (χ3n) is 2.56. The predicted octanol–water partition coefficient (Wildman–Crippen LogP) is 0.633. The van der Waals surface area contributed by atoms with Crippen molar-refractivity contribution in [3.63, 3.8) is 0 Å². The van der Waals surface area contributed by atoms with Crippen molar-refractivity contribution in [1.82, 2.24) is 24.7 Å². The molecule has 1 aliphatic rings. The molecule has 0 radical (unpaired) electrons. The van der Waals surface area contributed by atoms with E-state index in [4.69, 9.17) is 5.11 Å². The number of nitrogens with zero attached hydrogens (tertiary/aromatic N) is 5. The molecule has 1 N–H and O–H groups in total. The monoisotopic (exact) mass is 231 g/mol. The third-order valence-corrected chi connectivity index (χ3v) is 2.56. The van der Waals surface area contributed by atoms with Crippen LogP contribution >= 0.6 is 0 Å². The summed E-state index contributed by atoms with van der Waals surface area (Å²) in [6.07, 6.45) is 6.62. The Labute approximate surface area is 96.2 Å². The zero-order chi connectivity index (χ0) is 11.8. The lowest BCUT2D eigenvalue weighted by atomic mass is 10.4. The minimum Gasteiger partial charge on any atom is -0.475 e. The van der Waals surface area contributed by atoms with Gasteiger partial charge in [0, 0.05) is 5.92 Å². The SMILES string of the molecule is O=C(O)c1nc(C2CC2)n(-c2cncnc2)n1. The molecule has 0 aromatic carbocycles. The standard InChI is InChI=1S/C10H9N5O2/c16-10(17)8-13-9(6-1-2-6)15(14-8)7-3-11-5-12-4-7/h3-6H,1-2H2,(H,16,17). The number of carboxylic acid groups (broad SMARTS) is 1. The van der Waals surface area contributed by atoms with Gasteiger partial charge in [-0.2, -0.15) is 0 Å². The maximum absolute atomic E-state index is 10.9. The third kappa shape index (κ3) is 1.75. The molecule has 0 bridgehead atoms. The molecule has 2 heterocycles. The van der Waals surface area contributed by atoms with Crippen molar-refractivity contribution >= 4 is 5.97 Å². The van der Waals surface area contributed by atoms with Gasteiger partial charge in [-0.3, -0.25) is 0 Å². The highest BCUT2D eigenvalue weighted by Gasteiger charge is 2.31. The second-order valence-corrected chi connectivity index (χ2v) is 3.88. The highest BCUT2D eigenvalue weighted by molar-refractivity contribution is 5.83. The van der Waals surface area contributed by atoms with Crippen LogP contribution in [0.4, 0.5) is 0 Å². The molecule has 17 heavy (non-hydrogen) atoms. The summed E-state index contributed by atoms with van der Waals surface area (Å²) in [6, 6.07) is 0. The first-order chi connectivity index (χ1) is 8.25. The van der Waals surface area contributed by atoms with E-state index in [0.29, 0.717) is 17.4 Å². The van der Waals surface area contributed by atoms with Gasteiger partial charge in [-0.15, -0.1) is 5.10 Å². The molecule has 3 rings (SSSR count). The van der Waals surface area contributed by atoms with Crippen LogP contribution in [0.25, 0.3) is 5.69 Å². The lowest BCUT2D eigenvalue weighted by Crippen LogP contribution is -2.04. The molecule has 0 unspecified atom stereocenters. The van der Waals surface area contributed by atoms with Gasteiger partial charge in [-0.1, -0.05) is 0 Å². The second kappa shape index (κ2) is 3.62. The van der Waals surface area contributed by atoms with Crippen LogP contribution < -0.4 is 0 Å². The van der Waals surface area contributed by atoms with Crippen molar-refractivity contribution in [2.24, 2.45) is 0 Å². The molecular weight excluding hydrogens is 222 g/mol. The number of carboxylic acids is 1. The van der Waals surface area contributed by atoms with Crippen LogP contribution in [0.5, 0.6) is 0 Å². The Hall–Kier alpha value is -2.31. The van der Waals surface area contributed by atoms with Crippen LogP contribution in [-0.4, -0.2) is 35.8 Å². The maximum Gasteiger partial charge on any atom is 0.375 e. The molecule has 0 aliphatic heterocycles. The van der Waals surface area contributed by atoms with Crippen LogP contribution in [0.1, 0.15) is 35.2 Å². The Morgan fingerprint density at radius 3 is 2.65 bits per heavy atom. The fraction of sp³-hybridized carbons (Fsp3) is 0.300. The minimum atomic E-state index is -1.12. The summed E-state index contributed by atoms with van der Waals surface area (Å²) in [5.74, 6) is -0.328. The molecule has 2 aromatic heterocycles. The van der Waals surface area contributed by atoms with Crippen molar-refractivity contribution in [1.29, 1.82) is 0 Å². The summed E-state index contributed by atoms with van der Waals surface area (Å²) in [4.78, 5) is 22.7. The molecule has 0 spiro atoms. The molecule has 1 fully saturated rings. The molecule has 0 saturated heterocycles. The Kier molecular flexibility index (Phi) is 2.10. The van der Waals surface area contributed by atoms with E-state index in [1.165, 1.54) is 11.0 Å². The smallest absolute Gasteiger partial charge is 0.375 e. The number of aromatic nitrogens is 5. The van der Waals surface area contributed by atoms with Crippen molar-refractivity contribution in [2.45, 2.75) is 18.8 Å². The summed E-state index contributed by atoms with van der Waals surface area (Å²) >= 11 is 0. The van der Waals surface area contributed by atoms with Crippen LogP contribution in [0.2, 0.25) is 0 Å². The Balaban J connectivity index is 2.11. The number of aromatic carboxylic acids is 1. The molecule has 0 atom stereocenters. The highest BCUT2D eigenvalue weighted by Crippen LogP contribution is 2.39.